The molecule has 0 bridgehead atoms. The van der Waals surface area contributed by atoms with Crippen molar-refractivity contribution >= 4 is 11.8 Å². The maximum Gasteiger partial charge on any atom is 0.255 e. The van der Waals surface area contributed by atoms with E-state index in [1.807, 2.05) is 18.2 Å². The fourth-order valence-corrected chi connectivity index (χ4v) is 4.55. The van der Waals surface area contributed by atoms with Gasteiger partial charge in [0.05, 0.1) is 19.3 Å². The van der Waals surface area contributed by atoms with Gasteiger partial charge in [-0.05, 0) is 49.7 Å². The number of carbonyl (C=O) groups is 2. The van der Waals surface area contributed by atoms with E-state index < -0.39 is 6.04 Å². The Labute approximate surface area is 171 Å². The van der Waals surface area contributed by atoms with Crippen LogP contribution in [0.1, 0.15) is 42.6 Å². The van der Waals surface area contributed by atoms with E-state index in [0.717, 1.165) is 24.4 Å². The zero-order chi connectivity index (χ0) is 20.5. The highest BCUT2D eigenvalue weighted by Gasteiger charge is 2.39. The summed E-state index contributed by atoms with van der Waals surface area (Å²) in [5.74, 6) is 0.501. The summed E-state index contributed by atoms with van der Waals surface area (Å²) in [6.45, 7) is 11.7. The highest BCUT2D eigenvalue weighted by Crippen LogP contribution is 2.31. The molecule has 0 radical (unpaired) electrons. The van der Waals surface area contributed by atoms with Crippen molar-refractivity contribution < 1.29 is 19.1 Å². The van der Waals surface area contributed by atoms with Gasteiger partial charge in [-0.1, -0.05) is 20.4 Å². The highest BCUT2D eigenvalue weighted by atomic mass is 16.5. The summed E-state index contributed by atoms with van der Waals surface area (Å²) in [6, 6.07) is 5.38. The van der Waals surface area contributed by atoms with Gasteiger partial charge in [-0.15, -0.1) is 0 Å². The van der Waals surface area contributed by atoms with Crippen molar-refractivity contribution in [3.63, 3.8) is 0 Å². The molecular formula is C22H29N3O4. The standard InChI is InChI=1S/C22H29N3O4/c1-4-24(5-2)19-12-28-13-20(19)29-16-7-8-17-15(10-16)11-25(22(17)27)18-9-6-14(3)23-21(18)26/h7-8,10,18-20H,3-6,9,11-13H2,1-2H3,(H,23,26). The zero-order valence-electron chi connectivity index (χ0n) is 17.1. The Morgan fingerprint density at radius 1 is 1.28 bits per heavy atom. The van der Waals surface area contributed by atoms with Gasteiger partial charge < -0.3 is 19.7 Å². The number of piperidine rings is 1. The molecule has 1 N–H and O–H groups in total. The molecule has 4 rings (SSSR count). The van der Waals surface area contributed by atoms with Gasteiger partial charge in [0, 0.05) is 17.8 Å². The van der Waals surface area contributed by atoms with Crippen molar-refractivity contribution in [2.24, 2.45) is 0 Å². The molecule has 3 unspecified atom stereocenters. The number of benzene rings is 1. The van der Waals surface area contributed by atoms with Gasteiger partial charge in [0.1, 0.15) is 17.9 Å². The molecule has 2 saturated heterocycles. The third-order valence-corrected chi connectivity index (χ3v) is 6.18. The predicted octanol–water partition coefficient (Wildman–Crippen LogP) is 1.92. The third-order valence-electron chi connectivity index (χ3n) is 6.18. The van der Waals surface area contributed by atoms with Gasteiger partial charge in [-0.3, -0.25) is 14.5 Å². The summed E-state index contributed by atoms with van der Waals surface area (Å²) >= 11 is 0. The molecule has 3 heterocycles. The van der Waals surface area contributed by atoms with E-state index in [9.17, 15) is 9.59 Å². The molecule has 3 aliphatic heterocycles. The maximum absolute atomic E-state index is 12.9. The molecule has 0 spiro atoms. The molecule has 0 aliphatic carbocycles. The number of allylic oxidation sites excluding steroid dienone is 1. The first-order valence-corrected chi connectivity index (χ1v) is 10.4. The summed E-state index contributed by atoms with van der Waals surface area (Å²) in [5.41, 5.74) is 2.27. The Kier molecular flexibility index (Phi) is 5.61. The van der Waals surface area contributed by atoms with E-state index in [-0.39, 0.29) is 24.0 Å². The van der Waals surface area contributed by atoms with Crippen molar-refractivity contribution in [1.29, 1.82) is 0 Å². The maximum atomic E-state index is 12.9. The van der Waals surface area contributed by atoms with Crippen molar-refractivity contribution in [3.05, 3.63) is 41.6 Å². The van der Waals surface area contributed by atoms with Crippen LogP contribution in [0.5, 0.6) is 5.75 Å². The number of ether oxygens (including phenoxy) is 2. The molecule has 1 aromatic rings. The van der Waals surface area contributed by atoms with Crippen molar-refractivity contribution in [2.45, 2.75) is 51.4 Å². The van der Waals surface area contributed by atoms with Gasteiger partial charge in [-0.25, -0.2) is 0 Å². The molecule has 3 aliphatic rings. The first-order valence-electron chi connectivity index (χ1n) is 10.4. The minimum absolute atomic E-state index is 0.0312. The van der Waals surface area contributed by atoms with E-state index in [4.69, 9.17) is 9.47 Å². The van der Waals surface area contributed by atoms with Crippen LogP contribution in [0.15, 0.2) is 30.5 Å². The van der Waals surface area contributed by atoms with Crippen LogP contribution in [0.3, 0.4) is 0 Å². The predicted molar refractivity (Wildman–Crippen MR) is 109 cm³/mol. The van der Waals surface area contributed by atoms with Crippen LogP contribution in [0.4, 0.5) is 0 Å². The van der Waals surface area contributed by atoms with Crippen LogP contribution in [0.25, 0.3) is 0 Å². The summed E-state index contributed by atoms with van der Waals surface area (Å²) in [6.07, 6.45) is 1.27. The van der Waals surface area contributed by atoms with E-state index >= 15 is 0 Å². The van der Waals surface area contributed by atoms with Crippen LogP contribution in [-0.2, 0) is 16.1 Å². The minimum atomic E-state index is -0.444. The van der Waals surface area contributed by atoms with Gasteiger partial charge in [0.2, 0.25) is 5.91 Å². The van der Waals surface area contributed by atoms with Crippen LogP contribution < -0.4 is 10.1 Å². The number of nitrogens with zero attached hydrogens (tertiary/aromatic N) is 2. The molecule has 29 heavy (non-hydrogen) atoms. The molecule has 7 heteroatoms. The van der Waals surface area contributed by atoms with Crippen molar-refractivity contribution in [2.75, 3.05) is 26.3 Å². The summed E-state index contributed by atoms with van der Waals surface area (Å²) in [7, 11) is 0. The van der Waals surface area contributed by atoms with Gasteiger partial charge >= 0.3 is 0 Å². The normalized spacial score (nSPS) is 26.8. The average Bonchev–Trinajstić information content (AvgIpc) is 3.28. The SMILES string of the molecule is C=C1CCC(N2Cc3cc(OC4COCC4N(CC)CC)ccc3C2=O)C(=O)N1. The number of fused-ring (bicyclic) bond motifs is 1. The first-order chi connectivity index (χ1) is 14.0. The van der Waals surface area contributed by atoms with Gasteiger partial charge in [0.15, 0.2) is 0 Å². The van der Waals surface area contributed by atoms with Crippen LogP contribution >= 0.6 is 0 Å². The number of hydrogen-bond donors (Lipinski definition) is 1. The van der Waals surface area contributed by atoms with E-state index in [2.05, 4.69) is 30.6 Å². The molecule has 3 atom stereocenters. The molecule has 0 aromatic heterocycles. The van der Waals surface area contributed by atoms with Gasteiger partial charge in [0.25, 0.3) is 5.91 Å². The van der Waals surface area contributed by atoms with Crippen molar-refractivity contribution in [3.8, 4) is 5.75 Å². The Hall–Kier alpha value is -2.38. The number of carbonyl (C=O) groups excluding carboxylic acids is 2. The smallest absolute Gasteiger partial charge is 0.255 e. The molecular weight excluding hydrogens is 370 g/mol. The lowest BCUT2D eigenvalue weighted by atomic mass is 10.0. The Morgan fingerprint density at radius 2 is 2.07 bits per heavy atom. The van der Waals surface area contributed by atoms with Gasteiger partial charge in [-0.2, -0.15) is 0 Å². The lowest BCUT2D eigenvalue weighted by Gasteiger charge is -2.30. The Balaban J connectivity index is 1.48. The summed E-state index contributed by atoms with van der Waals surface area (Å²) < 4.78 is 11.9. The fourth-order valence-electron chi connectivity index (χ4n) is 4.55. The third kappa shape index (κ3) is 3.76. The fraction of sp³-hybridized carbons (Fsp3) is 0.545. The highest BCUT2D eigenvalue weighted by molar-refractivity contribution is 6.01. The topological polar surface area (TPSA) is 71.1 Å². The number of hydrogen-bond acceptors (Lipinski definition) is 5. The van der Waals surface area contributed by atoms with Crippen LogP contribution in [0, 0.1) is 0 Å². The molecule has 156 valence electrons. The Morgan fingerprint density at radius 3 is 2.79 bits per heavy atom. The molecule has 1 aromatic carbocycles. The summed E-state index contributed by atoms with van der Waals surface area (Å²) in [4.78, 5) is 29.2. The lowest BCUT2D eigenvalue weighted by Crippen LogP contribution is -2.49. The average molecular weight is 399 g/mol. The van der Waals surface area contributed by atoms with E-state index in [1.165, 1.54) is 0 Å². The molecule has 0 saturated carbocycles. The second-order valence-electron chi connectivity index (χ2n) is 7.88. The second-order valence-corrected chi connectivity index (χ2v) is 7.88. The van der Waals surface area contributed by atoms with Crippen LogP contribution in [0.2, 0.25) is 0 Å². The molecule has 2 amide bonds. The number of likely N-dealkylation sites (N-methyl/N-ethyl adjacent to an activating group) is 1. The Bertz CT molecular complexity index is 820. The van der Waals surface area contributed by atoms with Crippen molar-refractivity contribution in [1.82, 2.24) is 15.1 Å². The lowest BCUT2D eigenvalue weighted by molar-refractivity contribution is -0.126. The zero-order valence-corrected chi connectivity index (χ0v) is 17.1. The summed E-state index contributed by atoms with van der Waals surface area (Å²) in [5, 5.41) is 2.77. The number of nitrogens with one attached hydrogen (secondary N) is 1. The monoisotopic (exact) mass is 399 g/mol. The molecule has 7 nitrogen and oxygen atoms in total. The number of rotatable bonds is 6. The quantitative estimate of drug-likeness (QED) is 0.791. The largest absolute Gasteiger partial charge is 0.486 e. The molecule has 2 fully saturated rings. The number of amides is 2. The second kappa shape index (κ2) is 8.16. The van der Waals surface area contributed by atoms with E-state index in [1.54, 1.807) is 4.90 Å². The first kappa shape index (κ1) is 19.9. The minimum Gasteiger partial charge on any atom is -0.486 e. The van der Waals surface area contributed by atoms with E-state index in [0.29, 0.717) is 43.9 Å². The van der Waals surface area contributed by atoms with Crippen LogP contribution in [-0.4, -0.2) is 66.1 Å².